The molecule has 0 fully saturated rings. The van der Waals surface area contributed by atoms with Crippen LogP contribution in [0.15, 0.2) is 36.4 Å². The number of hydrogen-bond acceptors (Lipinski definition) is 5. The second-order valence-electron chi connectivity index (χ2n) is 5.73. The highest BCUT2D eigenvalue weighted by molar-refractivity contribution is 14.1. The van der Waals surface area contributed by atoms with E-state index in [4.69, 9.17) is 9.47 Å². The molecule has 0 aliphatic carbocycles. The molecule has 1 amide bonds. The third-order valence-corrected chi connectivity index (χ3v) is 4.47. The zero-order valence-electron chi connectivity index (χ0n) is 15.2. The van der Waals surface area contributed by atoms with Crippen LogP contribution in [0.1, 0.15) is 37.0 Å². The van der Waals surface area contributed by atoms with Crippen LogP contribution >= 0.6 is 22.6 Å². The Morgan fingerprint density at radius 1 is 1.07 bits per heavy atom. The minimum Gasteiger partial charge on any atom is -0.490 e. The molecule has 144 valence electrons. The number of nitro groups is 1. The molecule has 0 spiro atoms. The molecule has 7 nitrogen and oxygen atoms in total. The lowest BCUT2D eigenvalue weighted by Crippen LogP contribution is -2.14. The Morgan fingerprint density at radius 2 is 1.74 bits per heavy atom. The lowest BCUT2D eigenvalue weighted by molar-refractivity contribution is -0.384. The molecule has 27 heavy (non-hydrogen) atoms. The number of carbonyl (C=O) groups is 1. The maximum Gasteiger partial charge on any atom is 0.270 e. The minimum atomic E-state index is -0.524. The maximum absolute atomic E-state index is 12.6. The van der Waals surface area contributed by atoms with Crippen LogP contribution in [-0.4, -0.2) is 24.0 Å². The average Bonchev–Trinajstić information content (AvgIpc) is 2.65. The van der Waals surface area contributed by atoms with Gasteiger partial charge in [-0.05, 0) is 53.6 Å². The number of rotatable bonds is 9. The molecule has 1 N–H and O–H groups in total. The molecule has 0 radical (unpaired) electrons. The van der Waals surface area contributed by atoms with Gasteiger partial charge in [-0.15, -0.1) is 0 Å². The van der Waals surface area contributed by atoms with Crippen LogP contribution < -0.4 is 14.8 Å². The number of nitro benzene ring substituents is 1. The van der Waals surface area contributed by atoms with E-state index in [0.717, 1.165) is 12.8 Å². The van der Waals surface area contributed by atoms with E-state index in [2.05, 4.69) is 5.32 Å². The van der Waals surface area contributed by atoms with Crippen molar-refractivity contribution in [1.82, 2.24) is 0 Å². The van der Waals surface area contributed by atoms with E-state index >= 15 is 0 Å². The van der Waals surface area contributed by atoms with E-state index in [1.165, 1.54) is 12.1 Å². The third-order valence-electron chi connectivity index (χ3n) is 3.53. The van der Waals surface area contributed by atoms with Gasteiger partial charge in [-0.1, -0.05) is 13.8 Å². The Labute approximate surface area is 171 Å². The van der Waals surface area contributed by atoms with Crippen molar-refractivity contribution in [2.45, 2.75) is 26.7 Å². The monoisotopic (exact) mass is 484 g/mol. The van der Waals surface area contributed by atoms with Crippen molar-refractivity contribution in [2.24, 2.45) is 0 Å². The number of anilines is 1. The highest BCUT2D eigenvalue weighted by Crippen LogP contribution is 2.31. The smallest absolute Gasteiger partial charge is 0.270 e. The number of hydrogen-bond donors (Lipinski definition) is 1. The van der Waals surface area contributed by atoms with Crippen molar-refractivity contribution in [2.75, 3.05) is 18.5 Å². The quantitative estimate of drug-likeness (QED) is 0.306. The average molecular weight is 484 g/mol. The van der Waals surface area contributed by atoms with Crippen LogP contribution in [0.4, 0.5) is 11.4 Å². The topological polar surface area (TPSA) is 90.7 Å². The van der Waals surface area contributed by atoms with Gasteiger partial charge in [-0.25, -0.2) is 0 Å². The fourth-order valence-corrected chi connectivity index (χ4v) is 2.82. The van der Waals surface area contributed by atoms with Gasteiger partial charge in [0, 0.05) is 27.5 Å². The first-order valence-electron chi connectivity index (χ1n) is 8.61. The molecule has 8 heteroatoms. The molecule has 2 aromatic rings. The van der Waals surface area contributed by atoms with Gasteiger partial charge in [0.1, 0.15) is 0 Å². The Morgan fingerprint density at radius 3 is 2.37 bits per heavy atom. The molecule has 0 atom stereocenters. The zero-order chi connectivity index (χ0) is 19.8. The van der Waals surface area contributed by atoms with Gasteiger partial charge in [0.2, 0.25) is 0 Å². The molecule has 0 aliphatic heterocycles. The van der Waals surface area contributed by atoms with Crippen molar-refractivity contribution < 1.29 is 19.2 Å². The fourth-order valence-electron chi connectivity index (χ4n) is 2.24. The van der Waals surface area contributed by atoms with E-state index in [9.17, 15) is 14.9 Å². The number of nitrogens with zero attached hydrogens (tertiary/aromatic N) is 1. The number of carbonyl (C=O) groups excluding carboxylic acids is 1. The van der Waals surface area contributed by atoms with Crippen molar-refractivity contribution >= 4 is 39.9 Å². The van der Waals surface area contributed by atoms with Crippen LogP contribution in [0, 0.1) is 13.7 Å². The summed E-state index contributed by atoms with van der Waals surface area (Å²) in [4.78, 5) is 23.0. The van der Waals surface area contributed by atoms with Gasteiger partial charge < -0.3 is 14.8 Å². The van der Waals surface area contributed by atoms with Crippen LogP contribution in [0.3, 0.4) is 0 Å². The number of nitrogens with one attached hydrogen (secondary N) is 1. The highest BCUT2D eigenvalue weighted by atomic mass is 127. The van der Waals surface area contributed by atoms with Gasteiger partial charge in [0.15, 0.2) is 11.5 Å². The summed E-state index contributed by atoms with van der Waals surface area (Å²) < 4.78 is 12.0. The van der Waals surface area contributed by atoms with Crippen molar-refractivity contribution in [1.29, 1.82) is 0 Å². The first-order valence-corrected chi connectivity index (χ1v) is 9.69. The van der Waals surface area contributed by atoms with E-state index in [1.807, 2.05) is 36.4 Å². The molecular formula is C19H21IN2O5. The van der Waals surface area contributed by atoms with Gasteiger partial charge in [-0.3, -0.25) is 14.9 Å². The number of non-ortho nitro benzene ring substituents is 1. The summed E-state index contributed by atoms with van der Waals surface area (Å²) in [5.41, 5.74) is 0.639. The molecular weight excluding hydrogens is 463 g/mol. The van der Waals surface area contributed by atoms with E-state index in [-0.39, 0.29) is 11.3 Å². The Balaban J connectivity index is 2.24. The van der Waals surface area contributed by atoms with Crippen molar-refractivity contribution in [3.63, 3.8) is 0 Å². The molecule has 2 aromatic carbocycles. The van der Waals surface area contributed by atoms with Crippen molar-refractivity contribution in [3.8, 4) is 11.5 Å². The van der Waals surface area contributed by atoms with Gasteiger partial charge in [-0.2, -0.15) is 0 Å². The van der Waals surface area contributed by atoms with Crippen LogP contribution in [0.2, 0.25) is 0 Å². The molecule has 0 aromatic heterocycles. The SMILES string of the molecule is CCCOc1ccc(NC(=O)c2cc([N+](=O)[O-])ccc2I)cc1OCCC. The predicted molar refractivity (Wildman–Crippen MR) is 112 cm³/mol. The Bertz CT molecular complexity index is 826. The standard InChI is InChI=1S/C19H21IN2O5/c1-3-9-26-17-8-5-13(11-18(17)27-10-4-2)21-19(23)15-12-14(22(24)25)6-7-16(15)20/h5-8,11-12H,3-4,9-10H2,1-2H3,(H,21,23). The van der Waals surface area contributed by atoms with Gasteiger partial charge in [0.05, 0.1) is 23.7 Å². The van der Waals surface area contributed by atoms with E-state index < -0.39 is 10.8 Å². The predicted octanol–water partition coefficient (Wildman–Crippen LogP) is 5.03. The largest absolute Gasteiger partial charge is 0.490 e. The Hall–Kier alpha value is -2.36. The summed E-state index contributed by atoms with van der Waals surface area (Å²) in [5.74, 6) is 0.747. The molecule has 0 bridgehead atoms. The zero-order valence-corrected chi connectivity index (χ0v) is 17.3. The lowest BCUT2D eigenvalue weighted by Gasteiger charge is -2.14. The summed E-state index contributed by atoms with van der Waals surface area (Å²) in [6.45, 7) is 5.12. The summed E-state index contributed by atoms with van der Waals surface area (Å²) in [6, 6.07) is 9.34. The van der Waals surface area contributed by atoms with E-state index in [0.29, 0.717) is 34.0 Å². The summed E-state index contributed by atoms with van der Waals surface area (Å²) >= 11 is 1.98. The van der Waals surface area contributed by atoms with Gasteiger partial charge >= 0.3 is 0 Å². The van der Waals surface area contributed by atoms with Crippen molar-refractivity contribution in [3.05, 3.63) is 55.6 Å². The summed E-state index contributed by atoms with van der Waals surface area (Å²) in [6.07, 6.45) is 1.71. The normalized spacial score (nSPS) is 10.3. The summed E-state index contributed by atoms with van der Waals surface area (Å²) in [7, 11) is 0. The number of benzene rings is 2. The third kappa shape index (κ3) is 5.81. The number of amides is 1. The molecule has 0 saturated heterocycles. The lowest BCUT2D eigenvalue weighted by atomic mass is 10.2. The molecule has 0 unspecified atom stereocenters. The van der Waals surface area contributed by atoms with Crippen LogP contribution in [-0.2, 0) is 0 Å². The molecule has 2 rings (SSSR count). The number of ether oxygens (including phenoxy) is 2. The second kappa shape index (κ2) is 10.1. The number of halogens is 1. The highest BCUT2D eigenvalue weighted by Gasteiger charge is 2.16. The van der Waals surface area contributed by atoms with Crippen LogP contribution in [0.5, 0.6) is 11.5 Å². The molecule has 0 aliphatic rings. The first kappa shape index (κ1) is 20.9. The van der Waals surface area contributed by atoms with Gasteiger partial charge in [0.25, 0.3) is 11.6 Å². The Kier molecular flexibility index (Phi) is 7.83. The molecule has 0 heterocycles. The minimum absolute atomic E-state index is 0.129. The van der Waals surface area contributed by atoms with Crippen LogP contribution in [0.25, 0.3) is 0 Å². The van der Waals surface area contributed by atoms with E-state index in [1.54, 1.807) is 24.3 Å². The maximum atomic E-state index is 12.6. The second-order valence-corrected chi connectivity index (χ2v) is 6.90. The fraction of sp³-hybridized carbons (Fsp3) is 0.316. The molecule has 0 saturated carbocycles. The first-order chi connectivity index (χ1) is 13.0. The summed E-state index contributed by atoms with van der Waals surface area (Å²) in [5, 5.41) is 13.7.